The summed E-state index contributed by atoms with van der Waals surface area (Å²) in [4.78, 5) is 26.0. The van der Waals surface area contributed by atoms with Crippen LogP contribution in [0.2, 0.25) is 10.0 Å². The Morgan fingerprint density at radius 1 is 1.06 bits per heavy atom. The van der Waals surface area contributed by atoms with Gasteiger partial charge in [-0.25, -0.2) is 0 Å². The van der Waals surface area contributed by atoms with Crippen LogP contribution in [0.4, 0.5) is 18.9 Å². The zero-order chi connectivity index (χ0) is 26.8. The molecule has 1 saturated carbocycles. The molecule has 3 atom stereocenters. The average molecular weight is 544 g/mol. The maximum atomic E-state index is 13.6. The Morgan fingerprint density at radius 2 is 1.67 bits per heavy atom. The van der Waals surface area contributed by atoms with Crippen molar-refractivity contribution in [2.75, 3.05) is 5.32 Å². The molecule has 1 aliphatic carbocycles. The Kier molecular flexibility index (Phi) is 8.67. The van der Waals surface area contributed by atoms with Gasteiger partial charge in [-0.1, -0.05) is 48.3 Å². The Morgan fingerprint density at radius 3 is 2.19 bits per heavy atom. The molecule has 1 unspecified atom stereocenters. The smallest absolute Gasteiger partial charge is 0.392 e. The van der Waals surface area contributed by atoms with Crippen LogP contribution in [-0.4, -0.2) is 23.7 Å². The van der Waals surface area contributed by atoms with Crippen molar-refractivity contribution in [1.29, 1.82) is 0 Å². The molecule has 196 valence electrons. The number of hydrogen-bond donors (Lipinski definition) is 1. The predicted octanol–water partition coefficient (Wildman–Crippen LogP) is 7.82. The van der Waals surface area contributed by atoms with Crippen LogP contribution >= 0.6 is 23.2 Å². The lowest BCUT2D eigenvalue weighted by Crippen LogP contribution is -2.34. The first-order chi connectivity index (χ1) is 16.7. The van der Waals surface area contributed by atoms with Crippen LogP contribution in [0.1, 0.15) is 57.6 Å². The van der Waals surface area contributed by atoms with E-state index in [1.807, 2.05) is 20.8 Å². The maximum Gasteiger partial charge on any atom is 0.392 e. The number of anilines is 1. The summed E-state index contributed by atoms with van der Waals surface area (Å²) in [6, 6.07) is 10.6. The number of ether oxygens (including phenoxy) is 1. The van der Waals surface area contributed by atoms with E-state index in [1.165, 1.54) is 24.3 Å². The summed E-state index contributed by atoms with van der Waals surface area (Å²) in [7, 11) is 0. The molecule has 0 heterocycles. The minimum Gasteiger partial charge on any atom is -0.460 e. The van der Waals surface area contributed by atoms with E-state index in [-0.39, 0.29) is 34.1 Å². The summed E-state index contributed by atoms with van der Waals surface area (Å²) in [6.45, 7) is 6.40. The summed E-state index contributed by atoms with van der Waals surface area (Å²) < 4.78 is 46.5. The van der Waals surface area contributed by atoms with Crippen LogP contribution in [0.3, 0.4) is 0 Å². The average Bonchev–Trinajstić information content (AvgIpc) is 3.59. The fourth-order valence-electron chi connectivity index (χ4n) is 4.10. The topological polar surface area (TPSA) is 55.4 Å². The minimum absolute atomic E-state index is 0.182. The number of alkyl halides is 3. The molecule has 2 aromatic carbocycles. The number of nitrogens with one attached hydrogen (secondary N) is 1. The highest BCUT2D eigenvalue weighted by atomic mass is 35.5. The van der Waals surface area contributed by atoms with Crippen LogP contribution in [-0.2, 0) is 20.7 Å². The summed E-state index contributed by atoms with van der Waals surface area (Å²) in [5, 5.41) is 3.12. The van der Waals surface area contributed by atoms with Gasteiger partial charge in [-0.2, -0.15) is 13.2 Å². The summed E-state index contributed by atoms with van der Waals surface area (Å²) >= 11 is 12.2. The van der Waals surface area contributed by atoms with Crippen LogP contribution in [0.25, 0.3) is 0 Å². The van der Waals surface area contributed by atoms with E-state index in [9.17, 15) is 22.8 Å². The van der Waals surface area contributed by atoms with Crippen molar-refractivity contribution in [3.05, 3.63) is 63.6 Å². The zero-order valence-electron chi connectivity index (χ0n) is 20.6. The number of carbonyl (C=O) groups excluding carboxylic acids is 2. The first-order valence-electron chi connectivity index (χ1n) is 11.8. The number of rotatable bonds is 8. The molecule has 9 heteroatoms. The van der Waals surface area contributed by atoms with Crippen molar-refractivity contribution >= 4 is 40.8 Å². The SMILES string of the molecule is C[C@H]([C@H](C(=O)Nc1cc(CC(C(=O)OC(C)(C)C)C2CC2)ccc1Cl)c1ccc(Cl)cc1)C(F)(F)F. The van der Waals surface area contributed by atoms with Crippen LogP contribution < -0.4 is 5.32 Å². The Balaban J connectivity index is 1.84. The lowest BCUT2D eigenvalue weighted by molar-refractivity contribution is -0.178. The molecule has 1 amide bonds. The second-order valence-corrected chi connectivity index (χ2v) is 11.2. The first kappa shape index (κ1) is 28.3. The van der Waals surface area contributed by atoms with Crippen LogP contribution in [0.5, 0.6) is 0 Å². The van der Waals surface area contributed by atoms with Crippen LogP contribution in [0.15, 0.2) is 42.5 Å². The van der Waals surface area contributed by atoms with E-state index < -0.39 is 29.5 Å². The number of carbonyl (C=O) groups is 2. The maximum absolute atomic E-state index is 13.6. The second-order valence-electron chi connectivity index (χ2n) is 10.3. The molecule has 0 radical (unpaired) electrons. The lowest BCUT2D eigenvalue weighted by Gasteiger charge is -2.26. The van der Waals surface area contributed by atoms with E-state index >= 15 is 0 Å². The molecule has 0 bridgehead atoms. The molecule has 1 N–H and O–H groups in total. The number of hydrogen-bond acceptors (Lipinski definition) is 3. The van der Waals surface area contributed by atoms with Gasteiger partial charge < -0.3 is 10.1 Å². The summed E-state index contributed by atoms with van der Waals surface area (Å²) in [5.41, 5.74) is 0.484. The largest absolute Gasteiger partial charge is 0.460 e. The minimum atomic E-state index is -4.60. The van der Waals surface area contributed by atoms with Gasteiger partial charge in [0.2, 0.25) is 5.91 Å². The van der Waals surface area contributed by atoms with Gasteiger partial charge in [-0.3, -0.25) is 9.59 Å². The fourth-order valence-corrected chi connectivity index (χ4v) is 4.40. The molecule has 1 aliphatic rings. The van der Waals surface area contributed by atoms with Crippen LogP contribution in [0, 0.1) is 17.8 Å². The van der Waals surface area contributed by atoms with E-state index in [2.05, 4.69) is 5.32 Å². The molecule has 0 aromatic heterocycles. The van der Waals surface area contributed by atoms with Gasteiger partial charge in [0.1, 0.15) is 5.60 Å². The quantitative estimate of drug-likeness (QED) is 0.345. The molecule has 4 nitrogen and oxygen atoms in total. The van der Waals surface area contributed by atoms with E-state index in [0.717, 1.165) is 25.3 Å². The van der Waals surface area contributed by atoms with Crippen molar-refractivity contribution in [1.82, 2.24) is 0 Å². The van der Waals surface area contributed by atoms with E-state index in [0.29, 0.717) is 11.4 Å². The third-order valence-electron chi connectivity index (χ3n) is 6.17. The van der Waals surface area contributed by atoms with Gasteiger partial charge in [-0.05, 0) is 81.3 Å². The predicted molar refractivity (Wildman–Crippen MR) is 135 cm³/mol. The number of esters is 1. The standard InChI is InChI=1S/C27H30Cl2F3NO3/c1-15(27(30,31)32)23(18-8-10-19(28)11-9-18)24(34)33-22-14-16(5-12-21(22)29)13-20(17-6-7-17)25(35)36-26(2,3)4/h5,8-12,14-15,17,20,23H,6-7,13H2,1-4H3,(H,33,34)/t15-,20?,23+/m1/s1. The summed E-state index contributed by atoms with van der Waals surface area (Å²) in [5.74, 6) is -4.72. The van der Waals surface area contributed by atoms with Crippen molar-refractivity contribution in [3.63, 3.8) is 0 Å². The van der Waals surface area contributed by atoms with E-state index in [1.54, 1.807) is 18.2 Å². The Labute approximate surface area is 219 Å². The molecule has 2 aromatic rings. The van der Waals surface area contributed by atoms with Gasteiger partial charge in [0.15, 0.2) is 0 Å². The number of benzene rings is 2. The van der Waals surface area contributed by atoms with Crippen molar-refractivity contribution in [2.24, 2.45) is 17.8 Å². The van der Waals surface area contributed by atoms with E-state index in [4.69, 9.17) is 27.9 Å². The Hall–Kier alpha value is -2.25. The molecule has 3 rings (SSSR count). The highest BCUT2D eigenvalue weighted by molar-refractivity contribution is 6.33. The lowest BCUT2D eigenvalue weighted by atomic mass is 9.85. The van der Waals surface area contributed by atoms with Gasteiger partial charge in [0.25, 0.3) is 0 Å². The monoisotopic (exact) mass is 543 g/mol. The molecule has 0 spiro atoms. The van der Waals surface area contributed by atoms with Crippen molar-refractivity contribution in [2.45, 2.75) is 64.7 Å². The number of halogens is 5. The molecule has 36 heavy (non-hydrogen) atoms. The molecule has 0 saturated heterocycles. The van der Waals surface area contributed by atoms with Gasteiger partial charge in [0.05, 0.1) is 28.5 Å². The highest BCUT2D eigenvalue weighted by Gasteiger charge is 2.45. The zero-order valence-corrected chi connectivity index (χ0v) is 22.1. The highest BCUT2D eigenvalue weighted by Crippen LogP contribution is 2.41. The fraction of sp³-hybridized carbons (Fsp3) is 0.481. The molecular weight excluding hydrogens is 514 g/mol. The number of amides is 1. The van der Waals surface area contributed by atoms with Crippen molar-refractivity contribution in [3.8, 4) is 0 Å². The third kappa shape index (κ3) is 7.62. The molecule has 0 aliphatic heterocycles. The Bertz CT molecular complexity index is 1090. The van der Waals surface area contributed by atoms with Gasteiger partial charge in [-0.15, -0.1) is 0 Å². The second kappa shape index (κ2) is 11.0. The van der Waals surface area contributed by atoms with Gasteiger partial charge in [0, 0.05) is 5.02 Å². The van der Waals surface area contributed by atoms with Crippen molar-refractivity contribution < 1.29 is 27.5 Å². The van der Waals surface area contributed by atoms with Gasteiger partial charge >= 0.3 is 12.1 Å². The third-order valence-corrected chi connectivity index (χ3v) is 6.75. The summed E-state index contributed by atoms with van der Waals surface area (Å²) in [6.07, 6.45) is -2.37. The normalized spacial score (nSPS) is 16.7. The molecular formula is C27H30Cl2F3NO3. The first-order valence-corrected chi connectivity index (χ1v) is 12.6. The molecule has 1 fully saturated rings.